The van der Waals surface area contributed by atoms with E-state index in [-0.39, 0.29) is 10.8 Å². The first-order valence-corrected chi connectivity index (χ1v) is 14.7. The number of aromatic nitrogens is 1. The number of rotatable bonds is 7. The van der Waals surface area contributed by atoms with Crippen LogP contribution in [0.25, 0.3) is 10.2 Å². The van der Waals surface area contributed by atoms with Crippen molar-refractivity contribution < 1.29 is 13.2 Å². The molecule has 2 aromatic carbocycles. The lowest BCUT2D eigenvalue weighted by molar-refractivity contribution is 0.0985. The predicted molar refractivity (Wildman–Crippen MR) is 147 cm³/mol. The number of sulfonamides is 1. The molecule has 3 aromatic rings. The van der Waals surface area contributed by atoms with Crippen LogP contribution in [-0.2, 0) is 10.0 Å². The van der Waals surface area contributed by atoms with E-state index in [2.05, 4.69) is 39.8 Å². The molecule has 1 aliphatic heterocycles. The SMILES string of the molecule is Cc1cc2nc(N(CCN(C)C)C(=O)c3ccc(S(=O)(=O)N4CC(C)CC(C)C4)cc3)sc2cc1C. The van der Waals surface area contributed by atoms with E-state index in [1.54, 1.807) is 33.5 Å². The number of carbonyl (C=O) groups is 1. The van der Waals surface area contributed by atoms with Gasteiger partial charge in [0, 0.05) is 31.7 Å². The van der Waals surface area contributed by atoms with Crippen LogP contribution in [0.2, 0.25) is 0 Å². The Morgan fingerprint density at radius 2 is 1.64 bits per heavy atom. The smallest absolute Gasteiger partial charge is 0.260 e. The average Bonchev–Trinajstić information content (AvgIpc) is 3.20. The summed E-state index contributed by atoms with van der Waals surface area (Å²) in [4.78, 5) is 22.4. The Labute approximate surface area is 218 Å². The zero-order valence-electron chi connectivity index (χ0n) is 22.0. The molecule has 2 unspecified atom stereocenters. The normalized spacial score (nSPS) is 19.2. The Hall–Kier alpha value is -2.33. The monoisotopic (exact) mass is 528 g/mol. The standard InChI is InChI=1S/C27H36N4O3S2/c1-18-13-19(2)17-30(16-18)36(33,34)23-9-7-22(8-10-23)26(32)31(12-11-29(5)6)27-28-24-14-20(3)21(4)15-25(24)35-27/h7-10,14-15,18-19H,11-13,16-17H2,1-6H3. The highest BCUT2D eigenvalue weighted by molar-refractivity contribution is 7.89. The zero-order valence-corrected chi connectivity index (χ0v) is 23.6. The number of anilines is 1. The van der Waals surface area contributed by atoms with Gasteiger partial charge in [0.1, 0.15) is 0 Å². The Morgan fingerprint density at radius 3 is 2.25 bits per heavy atom. The van der Waals surface area contributed by atoms with Crippen molar-refractivity contribution in [2.45, 2.75) is 39.0 Å². The number of benzene rings is 2. The first kappa shape index (κ1) is 26.7. The maximum absolute atomic E-state index is 13.6. The molecular weight excluding hydrogens is 492 g/mol. The molecule has 1 fully saturated rings. The maximum Gasteiger partial charge on any atom is 0.260 e. The van der Waals surface area contributed by atoms with Gasteiger partial charge in [-0.15, -0.1) is 0 Å². The molecule has 2 heterocycles. The quantitative estimate of drug-likeness (QED) is 0.441. The van der Waals surface area contributed by atoms with Crippen LogP contribution in [0.1, 0.15) is 41.8 Å². The van der Waals surface area contributed by atoms with Crippen LogP contribution >= 0.6 is 11.3 Å². The second-order valence-electron chi connectivity index (χ2n) is 10.5. The lowest BCUT2D eigenvalue weighted by atomic mass is 9.94. The van der Waals surface area contributed by atoms with Gasteiger partial charge in [-0.25, -0.2) is 13.4 Å². The van der Waals surface area contributed by atoms with Crippen LogP contribution in [0.4, 0.5) is 5.13 Å². The van der Waals surface area contributed by atoms with E-state index < -0.39 is 10.0 Å². The van der Waals surface area contributed by atoms with Crippen molar-refractivity contribution in [1.29, 1.82) is 0 Å². The summed E-state index contributed by atoms with van der Waals surface area (Å²) in [6, 6.07) is 10.5. The summed E-state index contributed by atoms with van der Waals surface area (Å²) < 4.78 is 29.2. The number of carbonyl (C=O) groups excluding carboxylic acids is 1. The van der Waals surface area contributed by atoms with Crippen LogP contribution < -0.4 is 4.90 Å². The number of aryl methyl sites for hydroxylation is 2. The molecule has 1 aliphatic rings. The summed E-state index contributed by atoms with van der Waals surface area (Å²) in [6.45, 7) is 10.5. The van der Waals surface area contributed by atoms with Crippen molar-refractivity contribution in [3.8, 4) is 0 Å². The van der Waals surface area contributed by atoms with Gasteiger partial charge in [0.15, 0.2) is 5.13 Å². The zero-order chi connectivity index (χ0) is 26.2. The third-order valence-corrected chi connectivity index (χ3v) is 9.70. The second-order valence-corrected chi connectivity index (χ2v) is 13.4. The molecule has 1 aromatic heterocycles. The second kappa shape index (κ2) is 10.6. The fraction of sp³-hybridized carbons (Fsp3) is 0.481. The molecule has 2 atom stereocenters. The molecular formula is C27H36N4O3S2. The molecule has 1 amide bonds. The Kier molecular flexibility index (Phi) is 7.85. The highest BCUT2D eigenvalue weighted by atomic mass is 32.2. The van der Waals surface area contributed by atoms with Crippen molar-refractivity contribution in [2.75, 3.05) is 45.2 Å². The first-order chi connectivity index (χ1) is 17.0. The molecule has 0 saturated carbocycles. The van der Waals surface area contributed by atoms with Crippen LogP contribution in [0.3, 0.4) is 0 Å². The molecule has 0 spiro atoms. The summed E-state index contributed by atoms with van der Waals surface area (Å²) in [6.07, 6.45) is 1.03. The Morgan fingerprint density at radius 1 is 1.03 bits per heavy atom. The van der Waals surface area contributed by atoms with E-state index in [9.17, 15) is 13.2 Å². The number of fused-ring (bicyclic) bond motifs is 1. The van der Waals surface area contributed by atoms with Crippen LogP contribution in [0.15, 0.2) is 41.3 Å². The third kappa shape index (κ3) is 5.64. The molecule has 0 aliphatic carbocycles. The van der Waals surface area contributed by atoms with Gasteiger partial charge in [-0.1, -0.05) is 25.2 Å². The first-order valence-electron chi connectivity index (χ1n) is 12.4. The van der Waals surface area contributed by atoms with Gasteiger partial charge in [-0.2, -0.15) is 4.31 Å². The molecule has 194 valence electrons. The van der Waals surface area contributed by atoms with Gasteiger partial charge >= 0.3 is 0 Å². The van der Waals surface area contributed by atoms with Crippen molar-refractivity contribution >= 4 is 42.6 Å². The van der Waals surface area contributed by atoms with Gasteiger partial charge in [0.25, 0.3) is 5.91 Å². The largest absolute Gasteiger partial charge is 0.308 e. The average molecular weight is 529 g/mol. The molecule has 1 saturated heterocycles. The van der Waals surface area contributed by atoms with Crippen LogP contribution in [-0.4, -0.2) is 68.8 Å². The molecule has 0 bridgehead atoms. The molecule has 9 heteroatoms. The van der Waals surface area contributed by atoms with Gasteiger partial charge < -0.3 is 4.90 Å². The number of hydrogen-bond acceptors (Lipinski definition) is 6. The van der Waals surface area contributed by atoms with Crippen molar-refractivity contribution in [1.82, 2.24) is 14.2 Å². The number of nitrogens with zero attached hydrogens (tertiary/aromatic N) is 4. The summed E-state index contributed by atoms with van der Waals surface area (Å²) in [5.41, 5.74) is 3.69. The minimum Gasteiger partial charge on any atom is -0.308 e. The lowest BCUT2D eigenvalue weighted by Gasteiger charge is -2.34. The van der Waals surface area contributed by atoms with Gasteiger partial charge in [-0.05, 0) is 93.7 Å². The molecule has 0 radical (unpaired) electrons. The number of amides is 1. The molecule has 36 heavy (non-hydrogen) atoms. The topological polar surface area (TPSA) is 73.8 Å². The van der Waals surface area contributed by atoms with Crippen molar-refractivity contribution in [3.63, 3.8) is 0 Å². The number of hydrogen-bond donors (Lipinski definition) is 0. The maximum atomic E-state index is 13.6. The van der Waals surface area contributed by atoms with Crippen molar-refractivity contribution in [3.05, 3.63) is 53.1 Å². The van der Waals surface area contributed by atoms with Crippen LogP contribution in [0, 0.1) is 25.7 Å². The predicted octanol–water partition coefficient (Wildman–Crippen LogP) is 4.79. The lowest BCUT2D eigenvalue weighted by Crippen LogP contribution is -2.42. The summed E-state index contributed by atoms with van der Waals surface area (Å²) in [5, 5.41) is 0.648. The van der Waals surface area contributed by atoms with E-state index in [1.165, 1.54) is 22.5 Å². The minimum atomic E-state index is -3.60. The number of piperidine rings is 1. The van der Waals surface area contributed by atoms with Gasteiger partial charge in [-0.3, -0.25) is 9.69 Å². The number of thiazole rings is 1. The van der Waals surface area contributed by atoms with Crippen LogP contribution in [0.5, 0.6) is 0 Å². The summed E-state index contributed by atoms with van der Waals surface area (Å²) in [5.74, 6) is 0.473. The highest BCUT2D eigenvalue weighted by Crippen LogP contribution is 2.32. The van der Waals surface area contributed by atoms with E-state index in [0.29, 0.717) is 48.7 Å². The molecule has 0 N–H and O–H groups in total. The third-order valence-electron chi connectivity index (χ3n) is 6.81. The number of likely N-dealkylation sites (N-methyl/N-ethyl adjacent to an activating group) is 1. The molecule has 4 rings (SSSR count). The molecule has 7 nitrogen and oxygen atoms in total. The van der Waals surface area contributed by atoms with E-state index in [4.69, 9.17) is 4.98 Å². The Bertz CT molecular complexity index is 1300. The van der Waals surface area contributed by atoms with Gasteiger partial charge in [0.2, 0.25) is 10.0 Å². The minimum absolute atomic E-state index is 0.187. The fourth-order valence-corrected chi connectivity index (χ4v) is 7.49. The summed E-state index contributed by atoms with van der Waals surface area (Å²) in [7, 11) is 0.338. The van der Waals surface area contributed by atoms with Gasteiger partial charge in [0.05, 0.1) is 15.1 Å². The van der Waals surface area contributed by atoms with E-state index >= 15 is 0 Å². The Balaban J connectivity index is 1.62. The highest BCUT2D eigenvalue weighted by Gasteiger charge is 2.32. The van der Waals surface area contributed by atoms with E-state index in [0.717, 1.165) is 16.6 Å². The van der Waals surface area contributed by atoms with Crippen molar-refractivity contribution in [2.24, 2.45) is 11.8 Å². The summed E-state index contributed by atoms with van der Waals surface area (Å²) >= 11 is 1.50. The fourth-order valence-electron chi connectivity index (χ4n) is 4.74. The van der Waals surface area contributed by atoms with E-state index in [1.807, 2.05) is 19.0 Å².